The number of nitrogens with two attached hydrogens (primary N) is 1. The van der Waals surface area contributed by atoms with E-state index in [0.29, 0.717) is 23.1 Å². The summed E-state index contributed by atoms with van der Waals surface area (Å²) < 4.78 is 0. The molecule has 2 aliphatic rings. The molecule has 3 aromatic rings. The van der Waals surface area contributed by atoms with Gasteiger partial charge in [0.2, 0.25) is 47.3 Å². The van der Waals surface area contributed by atoms with Crippen LogP contribution >= 0.6 is 0 Å². The van der Waals surface area contributed by atoms with E-state index in [1.807, 2.05) is 0 Å². The number of rotatable bonds is 26. The van der Waals surface area contributed by atoms with E-state index in [9.17, 15) is 83.4 Å². The van der Waals surface area contributed by atoms with Crippen molar-refractivity contribution in [2.24, 2.45) is 11.7 Å². The highest BCUT2D eigenvalue weighted by Crippen LogP contribution is 2.23. The second-order valence-corrected chi connectivity index (χ2v) is 19.8. The third kappa shape index (κ3) is 17.6. The Labute approximate surface area is 453 Å². The molecule has 0 radical (unpaired) electrons. The Morgan fingerprint density at radius 2 is 0.848 bits per heavy atom. The normalized spacial score (nSPS) is 17.6. The minimum absolute atomic E-state index is 0.00192. The van der Waals surface area contributed by atoms with Gasteiger partial charge in [-0.2, -0.15) is 0 Å². The fraction of sp³-hybridized carbons (Fsp3) is 0.453. The van der Waals surface area contributed by atoms with Crippen LogP contribution in [0.15, 0.2) is 72.8 Å². The predicted octanol–water partition coefficient (Wildman–Crippen LogP) is -1.24. The van der Waals surface area contributed by atoms with E-state index >= 15 is 0 Å². The van der Waals surface area contributed by atoms with Crippen LogP contribution < -0.4 is 37.6 Å². The van der Waals surface area contributed by atoms with Gasteiger partial charge in [-0.15, -0.1) is 0 Å². The summed E-state index contributed by atoms with van der Waals surface area (Å²) in [5.41, 5.74) is 7.76. The van der Waals surface area contributed by atoms with Gasteiger partial charge >= 0.3 is 17.9 Å². The van der Waals surface area contributed by atoms with Crippen molar-refractivity contribution in [1.82, 2.24) is 41.7 Å². The number of benzene rings is 3. The zero-order chi connectivity index (χ0) is 58.2. The Hall–Kier alpha value is -8.81. The molecular weight excluding hydrogens is 1030 g/mol. The molecule has 0 saturated carbocycles. The Morgan fingerprint density at radius 1 is 0.494 bits per heavy atom. The average Bonchev–Trinajstić information content (AvgIpc) is 4.15. The molecule has 5 rings (SSSR count). The molecule has 2 fully saturated rings. The second-order valence-electron chi connectivity index (χ2n) is 19.8. The van der Waals surface area contributed by atoms with Crippen LogP contribution in [-0.4, -0.2) is 173 Å². The molecule has 14 N–H and O–H groups in total. The Balaban J connectivity index is 1.31. The van der Waals surface area contributed by atoms with E-state index in [1.54, 1.807) is 12.1 Å². The van der Waals surface area contributed by atoms with E-state index < -0.39 is 138 Å². The number of aliphatic carboxylic acids is 3. The number of carboxylic acid groups (broad SMARTS) is 3. The zero-order valence-electron chi connectivity index (χ0n) is 43.6. The van der Waals surface area contributed by atoms with Crippen LogP contribution in [0.2, 0.25) is 0 Å². The van der Waals surface area contributed by atoms with Gasteiger partial charge in [-0.1, -0.05) is 50.2 Å². The van der Waals surface area contributed by atoms with Crippen LogP contribution in [0.4, 0.5) is 0 Å². The fourth-order valence-corrected chi connectivity index (χ4v) is 9.12. The molecule has 8 amide bonds. The highest BCUT2D eigenvalue weighted by molar-refractivity contribution is 6.00. The van der Waals surface area contributed by atoms with Crippen LogP contribution in [0.5, 0.6) is 17.2 Å². The summed E-state index contributed by atoms with van der Waals surface area (Å²) in [5, 5.41) is 72.9. The summed E-state index contributed by atoms with van der Waals surface area (Å²) >= 11 is 0. The van der Waals surface area contributed by atoms with Crippen molar-refractivity contribution in [2.45, 2.75) is 133 Å². The van der Waals surface area contributed by atoms with Gasteiger partial charge < -0.3 is 78.1 Å². The molecule has 0 bridgehead atoms. The van der Waals surface area contributed by atoms with E-state index in [0.717, 1.165) is 4.90 Å². The highest BCUT2D eigenvalue weighted by atomic mass is 16.4. The first-order valence-electron chi connectivity index (χ1n) is 25.5. The third-order valence-corrected chi connectivity index (χ3v) is 13.4. The standard InChI is InChI=1S/C53H67N9O17/c1-27(2)44(52(77)62-21-5-7-41(62)50(75)59-38(25-42(66)67)47(72)56-36(45(70)55-28(3)53(78)79)23-30-10-16-33(64)17-11-30)60-48(73)39(26-43(68)69)57-46(71)37(24-31-12-18-34(65)19-13-31)58-49(74)40-6-4-20-61(40)51(76)35(54)22-29-8-14-32(63)15-9-29/h8-19,27-28,35-41,44,63-65H,4-7,20-26,54H2,1-3H3,(H,55,70)(H,56,72)(H,57,71)(H,58,74)(H,59,75)(H,60,73)(H,66,67)(H,68,69)(H,78,79)/t28-,35-,36-,37-,38-,39-,40-,41-,44-/m0/s1. The maximum Gasteiger partial charge on any atom is 0.325 e. The minimum atomic E-state index is -1.87. The molecule has 0 aromatic heterocycles. The molecule has 0 unspecified atom stereocenters. The van der Waals surface area contributed by atoms with Crippen LogP contribution in [0.1, 0.15) is 76.0 Å². The molecule has 0 aliphatic carbocycles. The molecule has 79 heavy (non-hydrogen) atoms. The number of nitrogens with zero attached hydrogens (tertiary/aromatic N) is 2. The number of carbonyl (C=O) groups is 11. The number of nitrogens with one attached hydrogen (secondary N) is 6. The number of aromatic hydroxyl groups is 3. The molecule has 26 nitrogen and oxygen atoms in total. The SMILES string of the molecule is CC(C)[C@H](NC(=O)[C@H](CC(=O)O)NC(=O)[C@H](Cc1ccc(O)cc1)NC(=O)[C@@H]1CCCN1C(=O)[C@@H](N)Cc1ccc(O)cc1)C(=O)N1CCC[C@H]1C(=O)N[C@@H](CC(=O)O)C(=O)N[C@@H](Cc1ccc(O)cc1)C(=O)N[C@@H](C)C(=O)O. The van der Waals surface area contributed by atoms with E-state index in [1.165, 1.54) is 86.3 Å². The first-order chi connectivity index (χ1) is 37.3. The van der Waals surface area contributed by atoms with Gasteiger partial charge in [0.1, 0.15) is 65.6 Å². The lowest BCUT2D eigenvalue weighted by atomic mass is 10.0. The van der Waals surface area contributed by atoms with Gasteiger partial charge in [0.15, 0.2) is 0 Å². The highest BCUT2D eigenvalue weighted by Gasteiger charge is 2.42. The zero-order valence-corrected chi connectivity index (χ0v) is 43.6. The molecule has 9 atom stereocenters. The summed E-state index contributed by atoms with van der Waals surface area (Å²) in [4.78, 5) is 150. The lowest BCUT2D eigenvalue weighted by Crippen LogP contribution is -2.61. The molecular formula is C53H67N9O17. The van der Waals surface area contributed by atoms with Gasteiger partial charge in [0.25, 0.3) is 0 Å². The molecule has 0 spiro atoms. The number of amides is 8. The molecule has 426 valence electrons. The first-order valence-corrected chi connectivity index (χ1v) is 25.5. The minimum Gasteiger partial charge on any atom is -0.508 e. The summed E-state index contributed by atoms with van der Waals surface area (Å²) in [6.45, 7) is 4.34. The van der Waals surface area contributed by atoms with Crippen molar-refractivity contribution < 1.29 is 83.4 Å². The largest absolute Gasteiger partial charge is 0.508 e. The van der Waals surface area contributed by atoms with Crippen molar-refractivity contribution in [3.8, 4) is 17.2 Å². The average molecular weight is 1100 g/mol. The Bertz CT molecular complexity index is 2720. The maximum atomic E-state index is 14.4. The van der Waals surface area contributed by atoms with Gasteiger partial charge in [-0.3, -0.25) is 52.7 Å². The topological polar surface area (TPSA) is 414 Å². The number of carboxylic acids is 3. The van der Waals surface area contributed by atoms with Crippen molar-refractivity contribution in [3.63, 3.8) is 0 Å². The van der Waals surface area contributed by atoms with Crippen molar-refractivity contribution in [1.29, 1.82) is 0 Å². The quantitative estimate of drug-likeness (QED) is 0.0447. The molecule has 26 heteroatoms. The van der Waals surface area contributed by atoms with Gasteiger partial charge in [0, 0.05) is 25.9 Å². The molecule has 2 saturated heterocycles. The molecule has 2 heterocycles. The van der Waals surface area contributed by atoms with Gasteiger partial charge in [-0.25, -0.2) is 0 Å². The molecule has 2 aliphatic heterocycles. The number of phenols is 3. The smallest absolute Gasteiger partial charge is 0.325 e. The van der Waals surface area contributed by atoms with E-state index in [-0.39, 0.29) is 68.9 Å². The van der Waals surface area contributed by atoms with E-state index in [2.05, 4.69) is 31.9 Å². The van der Waals surface area contributed by atoms with Crippen molar-refractivity contribution in [3.05, 3.63) is 89.5 Å². The lowest BCUT2D eigenvalue weighted by Gasteiger charge is -2.32. The predicted molar refractivity (Wildman–Crippen MR) is 277 cm³/mol. The maximum absolute atomic E-state index is 14.4. The number of phenolic OH excluding ortho intramolecular Hbond substituents is 3. The van der Waals surface area contributed by atoms with Crippen LogP contribution in [-0.2, 0) is 72.0 Å². The van der Waals surface area contributed by atoms with Gasteiger partial charge in [-0.05, 0) is 98.0 Å². The van der Waals surface area contributed by atoms with E-state index in [4.69, 9.17) is 5.73 Å². The second kappa shape index (κ2) is 28.0. The van der Waals surface area contributed by atoms with Gasteiger partial charge in [0.05, 0.1) is 18.9 Å². The van der Waals surface area contributed by atoms with Crippen LogP contribution in [0, 0.1) is 5.92 Å². The Kier molecular flexibility index (Phi) is 21.6. The van der Waals surface area contributed by atoms with Crippen LogP contribution in [0.25, 0.3) is 0 Å². The summed E-state index contributed by atoms with van der Waals surface area (Å²) in [6.07, 6.45) is -1.61. The van der Waals surface area contributed by atoms with Crippen LogP contribution in [0.3, 0.4) is 0 Å². The number of carbonyl (C=O) groups excluding carboxylic acids is 8. The number of likely N-dealkylation sites (tertiary alicyclic amines) is 2. The van der Waals surface area contributed by atoms with Crippen molar-refractivity contribution >= 4 is 65.2 Å². The number of hydrogen-bond donors (Lipinski definition) is 13. The Morgan fingerprint density at radius 3 is 1.28 bits per heavy atom. The van der Waals surface area contributed by atoms with Crippen molar-refractivity contribution in [2.75, 3.05) is 13.1 Å². The third-order valence-electron chi connectivity index (χ3n) is 13.4. The first kappa shape index (κ1) is 61.0. The fourth-order valence-electron chi connectivity index (χ4n) is 9.12. The summed E-state index contributed by atoms with van der Waals surface area (Å²) in [7, 11) is 0. The molecule has 3 aromatic carbocycles. The summed E-state index contributed by atoms with van der Waals surface area (Å²) in [5.74, 6) is -12.9. The number of hydrogen-bond acceptors (Lipinski definition) is 15. The summed E-state index contributed by atoms with van der Waals surface area (Å²) in [6, 6.07) is 4.00. The monoisotopic (exact) mass is 1100 g/mol. The lowest BCUT2D eigenvalue weighted by molar-refractivity contribution is -0.145.